The molecule has 0 unspecified atom stereocenters. The smallest absolute Gasteiger partial charge is 0.274 e. The molecule has 0 saturated heterocycles. The fourth-order valence-corrected chi connectivity index (χ4v) is 2.40. The van der Waals surface area contributed by atoms with Crippen molar-refractivity contribution in [3.05, 3.63) is 40.8 Å². The Balaban J connectivity index is 2.16. The summed E-state index contributed by atoms with van der Waals surface area (Å²) in [5.74, 6) is 1.93. The Hall–Kier alpha value is -2.34. The number of ether oxygens (including phenoxy) is 1. The molecular weight excluding hydrogens is 340 g/mol. The molecule has 2 rings (SSSR count). The van der Waals surface area contributed by atoms with Crippen molar-refractivity contribution in [3.8, 4) is 5.75 Å². The minimum atomic E-state index is -0.349. The van der Waals surface area contributed by atoms with E-state index < -0.39 is 0 Å². The van der Waals surface area contributed by atoms with E-state index in [0.29, 0.717) is 34.0 Å². The van der Waals surface area contributed by atoms with E-state index in [1.165, 1.54) is 7.11 Å². The zero-order valence-electron chi connectivity index (χ0n) is 14.9. The Morgan fingerprint density at radius 1 is 1.28 bits per heavy atom. The lowest BCUT2D eigenvalue weighted by molar-refractivity contribution is 0.102. The first-order valence-corrected chi connectivity index (χ1v) is 8.51. The van der Waals surface area contributed by atoms with E-state index in [9.17, 15) is 4.79 Å². The second kappa shape index (κ2) is 8.67. The predicted molar refractivity (Wildman–Crippen MR) is 101 cm³/mol. The van der Waals surface area contributed by atoms with Crippen LogP contribution >= 0.6 is 11.6 Å². The average molecular weight is 363 g/mol. The number of nitrogens with zero attached hydrogens (tertiary/aromatic N) is 2. The highest BCUT2D eigenvalue weighted by Crippen LogP contribution is 2.28. The molecule has 6 nitrogen and oxygen atoms in total. The molecule has 0 atom stereocenters. The van der Waals surface area contributed by atoms with Gasteiger partial charge < -0.3 is 15.4 Å². The fraction of sp³-hybridized carbons (Fsp3) is 0.389. The number of aryl methyl sites for hydroxylation is 1. The molecule has 0 bridgehead atoms. The maximum absolute atomic E-state index is 12.6. The van der Waals surface area contributed by atoms with Crippen molar-refractivity contribution in [3.63, 3.8) is 0 Å². The van der Waals surface area contributed by atoms with Gasteiger partial charge in [-0.1, -0.05) is 25.4 Å². The highest BCUT2D eigenvalue weighted by molar-refractivity contribution is 6.31. The summed E-state index contributed by atoms with van der Waals surface area (Å²) >= 11 is 5.99. The van der Waals surface area contributed by atoms with Crippen molar-refractivity contribution in [1.29, 1.82) is 0 Å². The number of benzene rings is 1. The van der Waals surface area contributed by atoms with Gasteiger partial charge in [-0.2, -0.15) is 0 Å². The summed E-state index contributed by atoms with van der Waals surface area (Å²) in [6, 6.07) is 6.66. The Bertz CT molecular complexity index is 750. The summed E-state index contributed by atoms with van der Waals surface area (Å²) in [6.45, 7) is 6.86. The van der Waals surface area contributed by atoms with Crippen LogP contribution in [0.1, 0.15) is 36.6 Å². The molecule has 0 radical (unpaired) electrons. The molecule has 134 valence electrons. The first-order chi connectivity index (χ1) is 11.9. The SMILES string of the molecule is COc1ccc(Cl)cc1NC(=O)c1cc(NCCC(C)C)nc(C)n1. The molecule has 0 aliphatic carbocycles. The molecule has 1 amide bonds. The van der Waals surface area contributed by atoms with E-state index in [0.717, 1.165) is 13.0 Å². The summed E-state index contributed by atoms with van der Waals surface area (Å²) in [7, 11) is 1.53. The fourth-order valence-electron chi connectivity index (χ4n) is 2.23. The van der Waals surface area contributed by atoms with Crippen LogP contribution < -0.4 is 15.4 Å². The van der Waals surface area contributed by atoms with Crippen LogP contribution in [-0.2, 0) is 0 Å². The largest absolute Gasteiger partial charge is 0.495 e. The van der Waals surface area contributed by atoms with Crippen LogP contribution in [-0.4, -0.2) is 29.5 Å². The van der Waals surface area contributed by atoms with Crippen molar-refractivity contribution < 1.29 is 9.53 Å². The van der Waals surface area contributed by atoms with Crippen molar-refractivity contribution in [1.82, 2.24) is 9.97 Å². The number of hydrogen-bond acceptors (Lipinski definition) is 5. The minimum absolute atomic E-state index is 0.279. The minimum Gasteiger partial charge on any atom is -0.495 e. The second-order valence-electron chi connectivity index (χ2n) is 6.09. The van der Waals surface area contributed by atoms with Crippen LogP contribution in [0.2, 0.25) is 5.02 Å². The standard InChI is InChI=1S/C18H23ClN4O2/c1-11(2)7-8-20-17-10-15(21-12(3)22-17)18(24)23-14-9-13(19)5-6-16(14)25-4/h5-6,9-11H,7-8H2,1-4H3,(H,23,24)(H,20,21,22). The number of halogens is 1. The molecule has 1 heterocycles. The number of anilines is 2. The first kappa shape index (κ1) is 19.0. The zero-order valence-corrected chi connectivity index (χ0v) is 15.6. The summed E-state index contributed by atoms with van der Waals surface area (Å²) in [4.78, 5) is 21.1. The molecule has 0 saturated carbocycles. The molecule has 2 aromatic rings. The van der Waals surface area contributed by atoms with Gasteiger partial charge in [-0.05, 0) is 37.5 Å². The van der Waals surface area contributed by atoms with E-state index in [2.05, 4.69) is 34.4 Å². The number of nitrogens with one attached hydrogen (secondary N) is 2. The van der Waals surface area contributed by atoms with E-state index in [1.807, 2.05) is 0 Å². The number of carbonyl (C=O) groups is 1. The lowest BCUT2D eigenvalue weighted by Gasteiger charge is -2.12. The van der Waals surface area contributed by atoms with Gasteiger partial charge in [0, 0.05) is 17.6 Å². The van der Waals surface area contributed by atoms with E-state index in [4.69, 9.17) is 16.3 Å². The lowest BCUT2D eigenvalue weighted by Crippen LogP contribution is -2.16. The van der Waals surface area contributed by atoms with Gasteiger partial charge >= 0.3 is 0 Å². The molecule has 0 spiro atoms. The average Bonchev–Trinajstić information content (AvgIpc) is 2.54. The molecular formula is C18H23ClN4O2. The van der Waals surface area contributed by atoms with Crippen LogP contribution in [0.25, 0.3) is 0 Å². The maximum Gasteiger partial charge on any atom is 0.274 e. The van der Waals surface area contributed by atoms with Gasteiger partial charge in [-0.3, -0.25) is 4.79 Å². The number of carbonyl (C=O) groups excluding carboxylic acids is 1. The molecule has 0 fully saturated rings. The third-order valence-electron chi connectivity index (χ3n) is 3.51. The molecule has 2 N–H and O–H groups in total. The maximum atomic E-state index is 12.6. The van der Waals surface area contributed by atoms with E-state index in [1.54, 1.807) is 31.2 Å². The van der Waals surface area contributed by atoms with Crippen LogP contribution in [0.5, 0.6) is 5.75 Å². The molecule has 7 heteroatoms. The van der Waals surface area contributed by atoms with Gasteiger partial charge in [0.05, 0.1) is 12.8 Å². The summed E-state index contributed by atoms with van der Waals surface area (Å²) in [5, 5.41) is 6.52. The normalized spacial score (nSPS) is 10.6. The monoisotopic (exact) mass is 362 g/mol. The van der Waals surface area contributed by atoms with Crippen molar-refractivity contribution in [2.24, 2.45) is 5.92 Å². The Morgan fingerprint density at radius 3 is 2.72 bits per heavy atom. The Kier molecular flexibility index (Phi) is 6.58. The Morgan fingerprint density at radius 2 is 2.04 bits per heavy atom. The van der Waals surface area contributed by atoms with Crippen LogP contribution in [0.3, 0.4) is 0 Å². The molecule has 1 aromatic heterocycles. The number of hydrogen-bond donors (Lipinski definition) is 2. The summed E-state index contributed by atoms with van der Waals surface area (Å²) < 4.78 is 5.24. The van der Waals surface area contributed by atoms with Crippen molar-refractivity contribution in [2.45, 2.75) is 27.2 Å². The third-order valence-corrected chi connectivity index (χ3v) is 3.74. The quantitative estimate of drug-likeness (QED) is 0.773. The van der Waals surface area contributed by atoms with Crippen LogP contribution in [0.15, 0.2) is 24.3 Å². The molecule has 0 aliphatic heterocycles. The van der Waals surface area contributed by atoms with Crippen molar-refractivity contribution in [2.75, 3.05) is 24.3 Å². The van der Waals surface area contributed by atoms with Crippen molar-refractivity contribution >= 4 is 29.0 Å². The van der Waals surface area contributed by atoms with E-state index in [-0.39, 0.29) is 11.6 Å². The van der Waals surface area contributed by atoms with Crippen LogP contribution in [0.4, 0.5) is 11.5 Å². The number of amides is 1. The van der Waals surface area contributed by atoms with Gasteiger partial charge in [0.2, 0.25) is 0 Å². The molecule has 25 heavy (non-hydrogen) atoms. The van der Waals surface area contributed by atoms with Gasteiger partial charge in [-0.25, -0.2) is 9.97 Å². The van der Waals surface area contributed by atoms with Gasteiger partial charge in [-0.15, -0.1) is 0 Å². The molecule has 1 aromatic carbocycles. The first-order valence-electron chi connectivity index (χ1n) is 8.13. The van der Waals surface area contributed by atoms with Gasteiger partial charge in [0.25, 0.3) is 5.91 Å². The van der Waals surface area contributed by atoms with Gasteiger partial charge in [0.15, 0.2) is 0 Å². The third kappa shape index (κ3) is 5.60. The summed E-state index contributed by atoms with van der Waals surface area (Å²) in [5.41, 5.74) is 0.771. The highest BCUT2D eigenvalue weighted by Gasteiger charge is 2.14. The second-order valence-corrected chi connectivity index (χ2v) is 6.53. The topological polar surface area (TPSA) is 76.1 Å². The highest BCUT2D eigenvalue weighted by atomic mass is 35.5. The van der Waals surface area contributed by atoms with Gasteiger partial charge in [0.1, 0.15) is 23.1 Å². The van der Waals surface area contributed by atoms with E-state index >= 15 is 0 Å². The lowest BCUT2D eigenvalue weighted by atomic mass is 10.1. The van der Waals surface area contributed by atoms with Crippen LogP contribution in [0, 0.1) is 12.8 Å². The number of aromatic nitrogens is 2. The predicted octanol–water partition coefficient (Wildman–Crippen LogP) is 4.16. The number of rotatable bonds is 7. The zero-order chi connectivity index (χ0) is 18.4. The summed E-state index contributed by atoms with van der Waals surface area (Å²) in [6.07, 6.45) is 1.02. The number of methoxy groups -OCH3 is 1. The Labute approximate surface area is 153 Å². The molecule has 0 aliphatic rings.